The first kappa shape index (κ1) is 17.7. The summed E-state index contributed by atoms with van der Waals surface area (Å²) < 4.78 is 0. The van der Waals surface area contributed by atoms with Gasteiger partial charge in [-0.1, -0.05) is 6.07 Å². The summed E-state index contributed by atoms with van der Waals surface area (Å²) >= 11 is 0. The Balaban J connectivity index is 2.04. The normalized spacial score (nSPS) is 14.0. The smallest absolute Gasteiger partial charge is 0.253 e. The van der Waals surface area contributed by atoms with E-state index in [2.05, 4.69) is 5.32 Å². The topological polar surface area (TPSA) is 86.8 Å². The van der Waals surface area contributed by atoms with Crippen molar-refractivity contribution >= 4 is 29.3 Å². The summed E-state index contributed by atoms with van der Waals surface area (Å²) in [7, 11) is 0. The molecule has 0 aliphatic carbocycles. The fourth-order valence-electron chi connectivity index (χ4n) is 2.57. The second kappa shape index (κ2) is 7.72. The molecule has 2 rings (SSSR count). The molecule has 1 aliphatic heterocycles. The zero-order valence-electron chi connectivity index (χ0n) is 13.9. The number of nitrogens with zero attached hydrogens (tertiary/aromatic N) is 2. The predicted octanol–water partition coefficient (Wildman–Crippen LogP) is 1.26. The summed E-state index contributed by atoms with van der Waals surface area (Å²) in [5.74, 6) is -1.24. The molecule has 128 valence electrons. The van der Waals surface area contributed by atoms with Crippen molar-refractivity contribution in [1.29, 1.82) is 0 Å². The molecule has 24 heavy (non-hydrogen) atoms. The largest absolute Gasteiger partial charge is 0.339 e. The number of benzene rings is 1. The molecule has 0 unspecified atom stereocenters. The molecule has 1 N–H and O–H groups in total. The number of likely N-dealkylation sites (tertiary alicyclic amines) is 1. The highest BCUT2D eigenvalue weighted by atomic mass is 16.2. The Labute approximate surface area is 140 Å². The predicted molar refractivity (Wildman–Crippen MR) is 88.3 cm³/mol. The van der Waals surface area contributed by atoms with Gasteiger partial charge in [0, 0.05) is 37.2 Å². The molecule has 7 nitrogen and oxygen atoms in total. The number of anilines is 1. The quantitative estimate of drug-likeness (QED) is 0.795. The maximum absolute atomic E-state index is 12.3. The molecule has 1 fully saturated rings. The molecule has 0 spiro atoms. The van der Waals surface area contributed by atoms with Gasteiger partial charge in [-0.25, -0.2) is 0 Å². The number of hydrogen-bond donors (Lipinski definition) is 1. The minimum atomic E-state index is -0.467. The van der Waals surface area contributed by atoms with Crippen molar-refractivity contribution in [2.24, 2.45) is 0 Å². The highest BCUT2D eigenvalue weighted by molar-refractivity contribution is 6.06. The lowest BCUT2D eigenvalue weighted by atomic mass is 10.1. The summed E-state index contributed by atoms with van der Waals surface area (Å²) in [5, 5.41) is 2.62. The second-order valence-corrected chi connectivity index (χ2v) is 5.48. The van der Waals surface area contributed by atoms with Gasteiger partial charge in [-0.05, 0) is 32.0 Å². The molecule has 0 atom stereocenters. The number of nitrogens with one attached hydrogen (secondary N) is 1. The first-order chi connectivity index (χ1) is 11.5. The van der Waals surface area contributed by atoms with Crippen molar-refractivity contribution in [1.82, 2.24) is 9.80 Å². The minimum Gasteiger partial charge on any atom is -0.339 e. The van der Waals surface area contributed by atoms with Crippen LogP contribution in [0.25, 0.3) is 0 Å². The van der Waals surface area contributed by atoms with Crippen LogP contribution in [0.15, 0.2) is 24.3 Å². The van der Waals surface area contributed by atoms with Crippen LogP contribution in [-0.4, -0.2) is 53.1 Å². The lowest BCUT2D eigenvalue weighted by Gasteiger charge is -2.19. The van der Waals surface area contributed by atoms with Gasteiger partial charge in [-0.15, -0.1) is 0 Å². The van der Waals surface area contributed by atoms with Crippen molar-refractivity contribution in [3.63, 3.8) is 0 Å². The maximum Gasteiger partial charge on any atom is 0.253 e. The van der Waals surface area contributed by atoms with Gasteiger partial charge in [0.1, 0.15) is 6.54 Å². The highest BCUT2D eigenvalue weighted by Gasteiger charge is 2.30. The van der Waals surface area contributed by atoms with E-state index in [-0.39, 0.29) is 37.1 Å². The summed E-state index contributed by atoms with van der Waals surface area (Å²) in [6.07, 6.45) is 0.305. The number of hydrogen-bond acceptors (Lipinski definition) is 4. The number of carbonyl (C=O) groups is 4. The van der Waals surface area contributed by atoms with Crippen LogP contribution in [0.3, 0.4) is 0 Å². The van der Waals surface area contributed by atoms with Crippen LogP contribution in [0.1, 0.15) is 37.0 Å². The molecule has 4 amide bonds. The van der Waals surface area contributed by atoms with Crippen molar-refractivity contribution in [2.45, 2.75) is 26.7 Å². The monoisotopic (exact) mass is 331 g/mol. The summed E-state index contributed by atoms with van der Waals surface area (Å²) in [4.78, 5) is 50.1. The molecular weight excluding hydrogens is 310 g/mol. The van der Waals surface area contributed by atoms with Crippen molar-refractivity contribution in [3.8, 4) is 0 Å². The SMILES string of the molecule is CCN(CC)C(=O)c1cccc(NC(=O)CN2C(=O)CCC2=O)c1. The molecular formula is C17H21N3O4. The fourth-order valence-corrected chi connectivity index (χ4v) is 2.57. The van der Waals surface area contributed by atoms with Gasteiger partial charge < -0.3 is 10.2 Å². The van der Waals surface area contributed by atoms with E-state index >= 15 is 0 Å². The van der Waals surface area contributed by atoms with Crippen LogP contribution in [0.4, 0.5) is 5.69 Å². The molecule has 0 aromatic heterocycles. The lowest BCUT2D eigenvalue weighted by molar-refractivity contribution is -0.141. The third kappa shape index (κ3) is 3.98. The zero-order valence-corrected chi connectivity index (χ0v) is 13.9. The van der Waals surface area contributed by atoms with E-state index in [9.17, 15) is 19.2 Å². The van der Waals surface area contributed by atoms with Crippen LogP contribution < -0.4 is 5.32 Å². The van der Waals surface area contributed by atoms with Crippen LogP contribution >= 0.6 is 0 Å². The summed E-state index contributed by atoms with van der Waals surface area (Å²) in [6, 6.07) is 6.61. The molecule has 0 saturated carbocycles. The number of carbonyl (C=O) groups excluding carboxylic acids is 4. The fraction of sp³-hybridized carbons (Fsp3) is 0.412. The Kier molecular flexibility index (Phi) is 5.68. The molecule has 1 heterocycles. The second-order valence-electron chi connectivity index (χ2n) is 5.48. The number of amides is 4. The van der Waals surface area contributed by atoms with Crippen LogP contribution in [0, 0.1) is 0 Å². The van der Waals surface area contributed by atoms with Crippen molar-refractivity contribution < 1.29 is 19.2 Å². The molecule has 0 radical (unpaired) electrons. The van der Waals surface area contributed by atoms with E-state index in [0.717, 1.165) is 4.90 Å². The summed E-state index contributed by atoms with van der Waals surface area (Å²) in [5.41, 5.74) is 0.932. The number of rotatable bonds is 6. The van der Waals surface area contributed by atoms with E-state index in [1.807, 2.05) is 13.8 Å². The minimum absolute atomic E-state index is 0.110. The average Bonchev–Trinajstić information content (AvgIpc) is 2.88. The average molecular weight is 331 g/mol. The molecule has 1 aromatic carbocycles. The van der Waals surface area contributed by atoms with Gasteiger partial charge >= 0.3 is 0 Å². The van der Waals surface area contributed by atoms with Gasteiger partial charge in [0.2, 0.25) is 17.7 Å². The van der Waals surface area contributed by atoms with Crippen molar-refractivity contribution in [3.05, 3.63) is 29.8 Å². The van der Waals surface area contributed by atoms with E-state index in [0.29, 0.717) is 24.3 Å². The standard InChI is InChI=1S/C17H21N3O4/c1-3-19(4-2)17(24)12-6-5-7-13(10-12)18-14(21)11-20-15(22)8-9-16(20)23/h5-7,10H,3-4,8-9,11H2,1-2H3,(H,18,21). The highest BCUT2D eigenvalue weighted by Crippen LogP contribution is 2.15. The maximum atomic E-state index is 12.3. The van der Waals surface area contributed by atoms with Crippen LogP contribution in [0.2, 0.25) is 0 Å². The Morgan fingerprint density at radius 2 is 1.75 bits per heavy atom. The first-order valence-electron chi connectivity index (χ1n) is 7.98. The Morgan fingerprint density at radius 1 is 1.12 bits per heavy atom. The zero-order chi connectivity index (χ0) is 17.7. The van der Waals surface area contributed by atoms with Gasteiger partial charge in [0.15, 0.2) is 0 Å². The van der Waals surface area contributed by atoms with Gasteiger partial charge in [-0.2, -0.15) is 0 Å². The third-order valence-electron chi connectivity index (χ3n) is 3.90. The van der Waals surface area contributed by atoms with Crippen LogP contribution in [0.5, 0.6) is 0 Å². The van der Waals surface area contributed by atoms with E-state index in [4.69, 9.17) is 0 Å². The Morgan fingerprint density at radius 3 is 2.33 bits per heavy atom. The van der Waals surface area contributed by atoms with E-state index in [1.165, 1.54) is 0 Å². The van der Waals surface area contributed by atoms with E-state index in [1.54, 1.807) is 29.2 Å². The van der Waals surface area contributed by atoms with Gasteiger partial charge in [0.05, 0.1) is 0 Å². The van der Waals surface area contributed by atoms with Crippen molar-refractivity contribution in [2.75, 3.05) is 25.0 Å². The molecule has 1 aromatic rings. The number of imide groups is 1. The third-order valence-corrected chi connectivity index (χ3v) is 3.90. The molecule has 1 saturated heterocycles. The lowest BCUT2D eigenvalue weighted by Crippen LogP contribution is -2.37. The first-order valence-corrected chi connectivity index (χ1v) is 7.98. The summed E-state index contributed by atoms with van der Waals surface area (Å²) in [6.45, 7) is 4.70. The van der Waals surface area contributed by atoms with Crippen LogP contribution in [-0.2, 0) is 14.4 Å². The van der Waals surface area contributed by atoms with Gasteiger partial charge in [0.25, 0.3) is 5.91 Å². The van der Waals surface area contributed by atoms with Gasteiger partial charge in [-0.3, -0.25) is 24.1 Å². The molecule has 1 aliphatic rings. The molecule has 7 heteroatoms. The Hall–Kier alpha value is -2.70. The van der Waals surface area contributed by atoms with E-state index < -0.39 is 5.91 Å². The Bertz CT molecular complexity index is 652. The molecule has 0 bridgehead atoms.